The first kappa shape index (κ1) is 18.5. The second-order valence-electron chi connectivity index (χ2n) is 7.29. The predicted molar refractivity (Wildman–Crippen MR) is 104 cm³/mol. The van der Waals surface area contributed by atoms with E-state index in [9.17, 15) is 9.59 Å². The van der Waals surface area contributed by atoms with Crippen molar-refractivity contribution in [3.8, 4) is 0 Å². The molecule has 136 valence electrons. The summed E-state index contributed by atoms with van der Waals surface area (Å²) in [6.45, 7) is 6.41. The summed E-state index contributed by atoms with van der Waals surface area (Å²) < 4.78 is 0. The molecule has 4 nitrogen and oxygen atoms in total. The van der Waals surface area contributed by atoms with E-state index < -0.39 is 5.41 Å². The summed E-state index contributed by atoms with van der Waals surface area (Å²) in [7, 11) is 0. The van der Waals surface area contributed by atoms with E-state index in [-0.39, 0.29) is 11.8 Å². The highest BCUT2D eigenvalue weighted by Crippen LogP contribution is 2.27. The number of benzene rings is 2. The Balaban J connectivity index is 1.73. The lowest BCUT2D eigenvalue weighted by atomic mass is 9.88. The van der Waals surface area contributed by atoms with E-state index in [0.717, 1.165) is 17.5 Å². The van der Waals surface area contributed by atoms with Crippen molar-refractivity contribution in [1.82, 2.24) is 4.90 Å². The average molecular weight is 371 g/mol. The van der Waals surface area contributed by atoms with Crippen LogP contribution in [0.2, 0.25) is 5.02 Å². The van der Waals surface area contributed by atoms with E-state index in [0.29, 0.717) is 23.8 Å². The van der Waals surface area contributed by atoms with E-state index in [1.165, 1.54) is 5.56 Å². The van der Waals surface area contributed by atoms with Gasteiger partial charge in [0, 0.05) is 23.8 Å². The van der Waals surface area contributed by atoms with Gasteiger partial charge >= 0.3 is 0 Å². The maximum atomic E-state index is 13.0. The van der Waals surface area contributed by atoms with E-state index in [2.05, 4.69) is 11.4 Å². The molecule has 0 radical (unpaired) electrons. The molecule has 0 saturated carbocycles. The molecule has 0 bridgehead atoms. The zero-order chi connectivity index (χ0) is 18.9. The normalized spacial score (nSPS) is 13.9. The van der Waals surface area contributed by atoms with Crippen LogP contribution in [0.4, 0.5) is 5.69 Å². The molecule has 0 atom stereocenters. The number of halogens is 1. The van der Waals surface area contributed by atoms with E-state index >= 15 is 0 Å². The average Bonchev–Trinajstić information content (AvgIpc) is 2.63. The molecular formula is C21H23ClN2O2. The number of fused-ring (bicyclic) bond motifs is 1. The Kier molecular flexibility index (Phi) is 5.05. The molecule has 1 N–H and O–H groups in total. The third-order valence-electron chi connectivity index (χ3n) is 4.95. The first-order valence-corrected chi connectivity index (χ1v) is 9.10. The molecular weight excluding hydrogens is 348 g/mol. The van der Waals surface area contributed by atoms with E-state index in [1.807, 2.05) is 31.2 Å². The first-order chi connectivity index (χ1) is 12.3. The van der Waals surface area contributed by atoms with Crippen molar-refractivity contribution in [2.24, 2.45) is 5.41 Å². The van der Waals surface area contributed by atoms with Gasteiger partial charge in [0.2, 0.25) is 11.8 Å². The molecule has 0 unspecified atom stereocenters. The first-order valence-electron chi connectivity index (χ1n) is 8.73. The van der Waals surface area contributed by atoms with Gasteiger partial charge in [-0.05, 0) is 56.0 Å². The Labute approximate surface area is 159 Å². The molecule has 3 rings (SSSR count). The van der Waals surface area contributed by atoms with Crippen LogP contribution in [0.3, 0.4) is 0 Å². The van der Waals surface area contributed by atoms with Crippen molar-refractivity contribution in [3.63, 3.8) is 0 Å². The number of carbonyl (C=O) groups is 2. The Morgan fingerprint density at radius 1 is 1.12 bits per heavy atom. The van der Waals surface area contributed by atoms with Crippen LogP contribution in [0.5, 0.6) is 0 Å². The van der Waals surface area contributed by atoms with Crippen molar-refractivity contribution >= 4 is 29.1 Å². The van der Waals surface area contributed by atoms with Gasteiger partial charge in [0.25, 0.3) is 0 Å². The zero-order valence-corrected chi connectivity index (χ0v) is 16.1. The van der Waals surface area contributed by atoms with E-state index in [4.69, 9.17) is 11.6 Å². The van der Waals surface area contributed by atoms with Gasteiger partial charge in [-0.25, -0.2) is 0 Å². The Morgan fingerprint density at radius 3 is 2.50 bits per heavy atom. The summed E-state index contributed by atoms with van der Waals surface area (Å²) in [5.74, 6) is -0.496. The van der Waals surface area contributed by atoms with Crippen LogP contribution >= 0.6 is 11.6 Å². The minimum Gasteiger partial charge on any atom is -0.337 e. The van der Waals surface area contributed by atoms with Gasteiger partial charge in [-0.15, -0.1) is 0 Å². The fraction of sp³-hybridized carbons (Fsp3) is 0.333. The van der Waals surface area contributed by atoms with Crippen LogP contribution in [-0.2, 0) is 22.6 Å². The summed E-state index contributed by atoms with van der Waals surface area (Å²) in [5.41, 5.74) is 2.79. The highest BCUT2D eigenvalue weighted by molar-refractivity contribution is 6.31. The number of nitrogens with zero attached hydrogens (tertiary/aromatic N) is 1. The number of amides is 2. The van der Waals surface area contributed by atoms with Crippen LogP contribution in [0.25, 0.3) is 0 Å². The number of hydrogen-bond donors (Lipinski definition) is 1. The largest absolute Gasteiger partial charge is 0.337 e. The van der Waals surface area contributed by atoms with Crippen LogP contribution in [-0.4, -0.2) is 23.3 Å². The van der Waals surface area contributed by atoms with Crippen LogP contribution in [0.1, 0.15) is 30.5 Å². The van der Waals surface area contributed by atoms with Gasteiger partial charge in [-0.3, -0.25) is 9.59 Å². The van der Waals surface area contributed by atoms with Gasteiger partial charge in [-0.2, -0.15) is 0 Å². The third-order valence-corrected chi connectivity index (χ3v) is 5.36. The SMILES string of the molecule is Cc1ccc(NC(=O)C(C)(C)C(=O)N2CCc3ccccc3C2)cc1Cl. The molecule has 2 aromatic rings. The Morgan fingerprint density at radius 2 is 1.81 bits per heavy atom. The lowest BCUT2D eigenvalue weighted by Gasteiger charge is -2.34. The van der Waals surface area contributed by atoms with Crippen molar-refractivity contribution in [1.29, 1.82) is 0 Å². The molecule has 5 heteroatoms. The van der Waals surface area contributed by atoms with Crippen molar-refractivity contribution in [2.45, 2.75) is 33.7 Å². The molecule has 0 fully saturated rings. The monoisotopic (exact) mass is 370 g/mol. The molecule has 0 saturated heterocycles. The fourth-order valence-corrected chi connectivity index (χ4v) is 3.30. The maximum absolute atomic E-state index is 13.0. The summed E-state index contributed by atoms with van der Waals surface area (Å²) in [6.07, 6.45) is 0.813. The molecule has 2 aromatic carbocycles. The molecule has 2 amide bonds. The smallest absolute Gasteiger partial charge is 0.239 e. The number of aryl methyl sites for hydroxylation is 1. The second kappa shape index (κ2) is 7.12. The maximum Gasteiger partial charge on any atom is 0.239 e. The van der Waals surface area contributed by atoms with Gasteiger partial charge in [0.15, 0.2) is 0 Å². The zero-order valence-electron chi connectivity index (χ0n) is 15.3. The quantitative estimate of drug-likeness (QED) is 0.823. The van der Waals surface area contributed by atoms with Crippen LogP contribution < -0.4 is 5.32 Å². The molecule has 1 heterocycles. The molecule has 0 aromatic heterocycles. The summed E-state index contributed by atoms with van der Waals surface area (Å²) >= 11 is 6.12. The lowest BCUT2D eigenvalue weighted by molar-refractivity contribution is -0.147. The minimum atomic E-state index is -1.16. The predicted octanol–water partition coefficient (Wildman–Crippen LogP) is 4.20. The Bertz CT molecular complexity index is 861. The van der Waals surface area contributed by atoms with Crippen molar-refractivity contribution in [2.75, 3.05) is 11.9 Å². The number of rotatable bonds is 3. The van der Waals surface area contributed by atoms with Gasteiger partial charge in [0.05, 0.1) is 0 Å². The van der Waals surface area contributed by atoms with Gasteiger partial charge in [0.1, 0.15) is 5.41 Å². The number of anilines is 1. The second-order valence-corrected chi connectivity index (χ2v) is 7.70. The fourth-order valence-electron chi connectivity index (χ4n) is 3.12. The highest BCUT2D eigenvalue weighted by atomic mass is 35.5. The third kappa shape index (κ3) is 3.61. The molecule has 1 aliphatic heterocycles. The van der Waals surface area contributed by atoms with Crippen LogP contribution in [0.15, 0.2) is 42.5 Å². The van der Waals surface area contributed by atoms with Crippen molar-refractivity contribution in [3.05, 3.63) is 64.2 Å². The van der Waals surface area contributed by atoms with Crippen LogP contribution in [0, 0.1) is 12.3 Å². The van der Waals surface area contributed by atoms with Gasteiger partial charge in [-0.1, -0.05) is 41.9 Å². The molecule has 1 aliphatic rings. The summed E-state index contributed by atoms with van der Waals surface area (Å²) in [4.78, 5) is 27.5. The molecule has 0 spiro atoms. The number of carbonyl (C=O) groups excluding carboxylic acids is 2. The number of hydrogen-bond acceptors (Lipinski definition) is 2. The lowest BCUT2D eigenvalue weighted by Crippen LogP contribution is -2.48. The summed E-state index contributed by atoms with van der Waals surface area (Å²) in [6, 6.07) is 13.5. The number of nitrogens with one attached hydrogen (secondary N) is 1. The minimum absolute atomic E-state index is 0.164. The molecule has 26 heavy (non-hydrogen) atoms. The topological polar surface area (TPSA) is 49.4 Å². The van der Waals surface area contributed by atoms with Crippen molar-refractivity contribution < 1.29 is 9.59 Å². The summed E-state index contributed by atoms with van der Waals surface area (Å²) in [5, 5.41) is 3.40. The van der Waals surface area contributed by atoms with Gasteiger partial charge < -0.3 is 10.2 Å². The van der Waals surface area contributed by atoms with E-state index in [1.54, 1.807) is 30.9 Å². The highest BCUT2D eigenvalue weighted by Gasteiger charge is 2.40. The Hall–Kier alpha value is -2.33. The standard InChI is InChI=1S/C21H23ClN2O2/c1-14-8-9-17(12-18(14)22)23-19(25)21(2,3)20(26)24-11-10-15-6-4-5-7-16(15)13-24/h4-9,12H,10-11,13H2,1-3H3,(H,23,25). The molecule has 0 aliphatic carbocycles.